The minimum absolute atomic E-state index is 0.0905. The average molecular weight is 357 g/mol. The Hall–Kier alpha value is -3.53. The minimum atomic E-state index is -0.0905. The first-order valence-corrected chi connectivity index (χ1v) is 8.78. The van der Waals surface area contributed by atoms with Crippen LogP contribution in [0.3, 0.4) is 0 Å². The largest absolute Gasteiger partial charge is 0.472 e. The zero-order valence-electron chi connectivity index (χ0n) is 14.7. The van der Waals surface area contributed by atoms with Crippen LogP contribution in [-0.2, 0) is 13.1 Å². The molecule has 0 aliphatic rings. The van der Waals surface area contributed by atoms with Crippen LogP contribution in [0.2, 0.25) is 0 Å². The maximum atomic E-state index is 12.8. The van der Waals surface area contributed by atoms with E-state index in [0.29, 0.717) is 18.7 Å². The summed E-state index contributed by atoms with van der Waals surface area (Å²) in [5.41, 5.74) is 3.91. The molecule has 2 aromatic carbocycles. The number of furan rings is 2. The number of nitrogens with zero attached hydrogens (tertiary/aromatic N) is 1. The van der Waals surface area contributed by atoms with E-state index in [1.807, 2.05) is 30.3 Å². The van der Waals surface area contributed by atoms with Crippen LogP contribution in [0, 0.1) is 0 Å². The van der Waals surface area contributed by atoms with Gasteiger partial charge in [-0.1, -0.05) is 54.6 Å². The fourth-order valence-electron chi connectivity index (χ4n) is 3.01. The zero-order chi connectivity index (χ0) is 18.5. The van der Waals surface area contributed by atoms with E-state index < -0.39 is 0 Å². The van der Waals surface area contributed by atoms with Gasteiger partial charge >= 0.3 is 0 Å². The van der Waals surface area contributed by atoms with Crippen LogP contribution in [0.5, 0.6) is 0 Å². The molecule has 0 atom stereocenters. The molecule has 4 rings (SSSR count). The van der Waals surface area contributed by atoms with E-state index in [-0.39, 0.29) is 5.91 Å². The van der Waals surface area contributed by atoms with Gasteiger partial charge in [-0.15, -0.1) is 0 Å². The SMILES string of the molecule is O=C(c1ccoc1)N(Cc1ccc(-c2ccccc2)cc1)Cc1ccco1. The first-order valence-electron chi connectivity index (χ1n) is 8.78. The fourth-order valence-corrected chi connectivity index (χ4v) is 3.01. The monoisotopic (exact) mass is 357 g/mol. The summed E-state index contributed by atoms with van der Waals surface area (Å²) in [4.78, 5) is 14.6. The minimum Gasteiger partial charge on any atom is -0.472 e. The van der Waals surface area contributed by atoms with Crippen molar-refractivity contribution in [2.45, 2.75) is 13.1 Å². The molecule has 4 heteroatoms. The number of hydrogen-bond donors (Lipinski definition) is 0. The molecule has 0 radical (unpaired) electrons. The predicted octanol–water partition coefficient (Wildman–Crippen LogP) is 5.38. The summed E-state index contributed by atoms with van der Waals surface area (Å²) >= 11 is 0. The number of rotatable bonds is 6. The fraction of sp³-hybridized carbons (Fsp3) is 0.0870. The third-order valence-corrected chi connectivity index (χ3v) is 4.42. The topological polar surface area (TPSA) is 46.6 Å². The second kappa shape index (κ2) is 7.79. The standard InChI is InChI=1S/C23H19NO3/c25-23(21-12-14-26-17-21)24(16-22-7-4-13-27-22)15-18-8-10-20(11-9-18)19-5-2-1-3-6-19/h1-14,17H,15-16H2. The van der Waals surface area contributed by atoms with Crippen LogP contribution >= 0.6 is 0 Å². The Kier molecular flexibility index (Phi) is 4.88. The number of hydrogen-bond acceptors (Lipinski definition) is 3. The van der Waals surface area contributed by atoms with Crippen molar-refractivity contribution in [2.24, 2.45) is 0 Å². The summed E-state index contributed by atoms with van der Waals surface area (Å²) in [6.45, 7) is 0.886. The molecule has 2 aromatic heterocycles. The van der Waals surface area contributed by atoms with Crippen molar-refractivity contribution in [1.82, 2.24) is 4.90 Å². The van der Waals surface area contributed by atoms with Gasteiger partial charge in [-0.05, 0) is 34.9 Å². The smallest absolute Gasteiger partial charge is 0.257 e. The number of carbonyl (C=O) groups is 1. The van der Waals surface area contributed by atoms with Gasteiger partial charge in [0.15, 0.2) is 0 Å². The highest BCUT2D eigenvalue weighted by molar-refractivity contribution is 5.93. The third-order valence-electron chi connectivity index (χ3n) is 4.42. The molecular weight excluding hydrogens is 338 g/mol. The summed E-state index contributed by atoms with van der Waals surface area (Å²) in [7, 11) is 0. The van der Waals surface area contributed by atoms with E-state index in [1.54, 1.807) is 17.2 Å². The molecule has 27 heavy (non-hydrogen) atoms. The highest BCUT2D eigenvalue weighted by Gasteiger charge is 2.18. The Bertz CT molecular complexity index is 972. The van der Waals surface area contributed by atoms with Crippen molar-refractivity contribution in [2.75, 3.05) is 0 Å². The Labute approximate surface area is 157 Å². The average Bonchev–Trinajstić information content (AvgIpc) is 3.42. The quantitative estimate of drug-likeness (QED) is 0.465. The highest BCUT2D eigenvalue weighted by atomic mass is 16.3. The molecule has 4 aromatic rings. The lowest BCUT2D eigenvalue weighted by molar-refractivity contribution is 0.0717. The lowest BCUT2D eigenvalue weighted by Gasteiger charge is -2.21. The summed E-state index contributed by atoms with van der Waals surface area (Å²) in [5.74, 6) is 0.653. The zero-order valence-corrected chi connectivity index (χ0v) is 14.7. The Balaban J connectivity index is 1.54. The first kappa shape index (κ1) is 16.9. The molecule has 2 heterocycles. The van der Waals surface area contributed by atoms with Crippen molar-refractivity contribution in [1.29, 1.82) is 0 Å². The summed E-state index contributed by atoms with van der Waals surface area (Å²) < 4.78 is 10.5. The molecule has 134 valence electrons. The molecule has 0 spiro atoms. The molecule has 0 fully saturated rings. The molecular formula is C23H19NO3. The number of amides is 1. The molecule has 0 saturated carbocycles. The molecule has 0 bridgehead atoms. The lowest BCUT2D eigenvalue weighted by atomic mass is 10.0. The third kappa shape index (κ3) is 4.01. The van der Waals surface area contributed by atoms with Crippen molar-refractivity contribution in [3.63, 3.8) is 0 Å². The second-order valence-corrected chi connectivity index (χ2v) is 6.32. The van der Waals surface area contributed by atoms with Crippen molar-refractivity contribution >= 4 is 5.91 Å². The van der Waals surface area contributed by atoms with Crippen molar-refractivity contribution in [3.05, 3.63) is 108 Å². The number of carbonyl (C=O) groups excluding carboxylic acids is 1. The summed E-state index contributed by atoms with van der Waals surface area (Å²) in [6.07, 6.45) is 4.59. The maximum absolute atomic E-state index is 12.8. The molecule has 4 nitrogen and oxygen atoms in total. The normalized spacial score (nSPS) is 10.7. The van der Waals surface area contributed by atoms with Gasteiger partial charge in [-0.2, -0.15) is 0 Å². The van der Waals surface area contributed by atoms with E-state index in [4.69, 9.17) is 8.83 Å². The van der Waals surface area contributed by atoms with Crippen molar-refractivity contribution in [3.8, 4) is 11.1 Å². The van der Waals surface area contributed by atoms with Crippen LogP contribution in [0.15, 0.2) is 100 Å². The molecule has 0 N–H and O–H groups in total. The van der Waals surface area contributed by atoms with Gasteiger partial charge in [-0.25, -0.2) is 0 Å². The van der Waals surface area contributed by atoms with Crippen LogP contribution in [0.4, 0.5) is 0 Å². The Morgan fingerprint density at radius 1 is 0.778 bits per heavy atom. The molecule has 0 aliphatic heterocycles. The van der Waals surface area contributed by atoms with Gasteiger partial charge in [0.1, 0.15) is 12.0 Å². The Morgan fingerprint density at radius 2 is 1.56 bits per heavy atom. The van der Waals surface area contributed by atoms with E-state index >= 15 is 0 Å². The van der Waals surface area contributed by atoms with E-state index in [2.05, 4.69) is 36.4 Å². The first-order chi connectivity index (χ1) is 13.3. The Morgan fingerprint density at radius 3 is 2.22 bits per heavy atom. The van der Waals surface area contributed by atoms with Crippen LogP contribution < -0.4 is 0 Å². The molecule has 0 unspecified atom stereocenters. The predicted molar refractivity (Wildman–Crippen MR) is 103 cm³/mol. The van der Waals surface area contributed by atoms with Gasteiger partial charge in [-0.3, -0.25) is 4.79 Å². The number of benzene rings is 2. The molecule has 0 saturated heterocycles. The van der Waals surface area contributed by atoms with E-state index in [9.17, 15) is 4.79 Å². The highest BCUT2D eigenvalue weighted by Crippen LogP contribution is 2.21. The lowest BCUT2D eigenvalue weighted by Crippen LogP contribution is -2.29. The maximum Gasteiger partial charge on any atom is 0.257 e. The van der Waals surface area contributed by atoms with E-state index in [1.165, 1.54) is 18.1 Å². The van der Waals surface area contributed by atoms with Gasteiger partial charge < -0.3 is 13.7 Å². The van der Waals surface area contributed by atoms with E-state index in [0.717, 1.165) is 16.9 Å². The van der Waals surface area contributed by atoms with Crippen LogP contribution in [-0.4, -0.2) is 10.8 Å². The van der Waals surface area contributed by atoms with Gasteiger partial charge in [0.25, 0.3) is 5.91 Å². The van der Waals surface area contributed by atoms with Gasteiger partial charge in [0.2, 0.25) is 0 Å². The van der Waals surface area contributed by atoms with Gasteiger partial charge in [0, 0.05) is 6.54 Å². The van der Waals surface area contributed by atoms with Crippen LogP contribution in [0.1, 0.15) is 21.7 Å². The second-order valence-electron chi connectivity index (χ2n) is 6.32. The summed E-state index contributed by atoms with van der Waals surface area (Å²) in [6, 6.07) is 23.9. The van der Waals surface area contributed by atoms with Crippen molar-refractivity contribution < 1.29 is 13.6 Å². The van der Waals surface area contributed by atoms with Gasteiger partial charge in [0.05, 0.1) is 24.6 Å². The van der Waals surface area contributed by atoms with Crippen LogP contribution in [0.25, 0.3) is 11.1 Å². The molecule has 0 aliphatic carbocycles. The molecule has 1 amide bonds. The summed E-state index contributed by atoms with van der Waals surface area (Å²) in [5, 5.41) is 0.